The van der Waals surface area contributed by atoms with E-state index >= 15 is 0 Å². The van der Waals surface area contributed by atoms with Crippen molar-refractivity contribution in [2.24, 2.45) is 0 Å². The molecule has 0 bridgehead atoms. The van der Waals surface area contributed by atoms with Gasteiger partial charge in [0.1, 0.15) is 0 Å². The van der Waals surface area contributed by atoms with Gasteiger partial charge in [0.05, 0.1) is 10.6 Å². The molecule has 0 aromatic heterocycles. The Labute approximate surface area is 173 Å². The van der Waals surface area contributed by atoms with Crippen LogP contribution in [0.25, 0.3) is 0 Å². The summed E-state index contributed by atoms with van der Waals surface area (Å²) in [6.07, 6.45) is 0.666. The highest BCUT2D eigenvalue weighted by molar-refractivity contribution is 7.92. The summed E-state index contributed by atoms with van der Waals surface area (Å²) in [6, 6.07) is 18.6. The average Bonchev–Trinajstić information content (AvgIpc) is 3.40. The number of benzene rings is 3. The number of nitrogens with zero attached hydrogens (tertiary/aromatic N) is 1. The smallest absolute Gasteiger partial charge is 0.264 e. The number of carbonyl (C=O) groups is 1. The summed E-state index contributed by atoms with van der Waals surface area (Å²) in [7, 11) is -3.77. The summed E-state index contributed by atoms with van der Waals surface area (Å²) in [5.74, 6) is 0.761. The maximum Gasteiger partial charge on any atom is 0.264 e. The Morgan fingerprint density at radius 1 is 0.933 bits per heavy atom. The Balaban J connectivity index is 1.41. The van der Waals surface area contributed by atoms with Gasteiger partial charge in [-0.1, -0.05) is 24.3 Å². The second-order valence-corrected chi connectivity index (χ2v) is 8.87. The van der Waals surface area contributed by atoms with Crippen molar-refractivity contribution in [3.05, 3.63) is 77.9 Å². The van der Waals surface area contributed by atoms with Crippen molar-refractivity contribution in [2.75, 3.05) is 23.0 Å². The molecule has 0 atom stereocenters. The van der Waals surface area contributed by atoms with Gasteiger partial charge >= 0.3 is 0 Å². The molecule has 5 rings (SSSR count). The number of fused-ring (bicyclic) bond motifs is 2. The van der Waals surface area contributed by atoms with Gasteiger partial charge < -0.3 is 14.8 Å². The first kappa shape index (κ1) is 18.5. The van der Waals surface area contributed by atoms with E-state index in [1.165, 1.54) is 16.4 Å². The van der Waals surface area contributed by atoms with Crippen LogP contribution in [0, 0.1) is 0 Å². The fraction of sp³-hybridized carbons (Fsp3) is 0.136. The van der Waals surface area contributed by atoms with Crippen LogP contribution in [0.2, 0.25) is 0 Å². The molecule has 1 amide bonds. The van der Waals surface area contributed by atoms with Gasteiger partial charge in [-0.25, -0.2) is 8.42 Å². The van der Waals surface area contributed by atoms with E-state index in [0.29, 0.717) is 35.8 Å². The lowest BCUT2D eigenvalue weighted by molar-refractivity contribution is 0.102. The predicted octanol–water partition coefficient (Wildman–Crippen LogP) is 3.42. The molecule has 152 valence electrons. The van der Waals surface area contributed by atoms with Crippen LogP contribution in [0.15, 0.2) is 71.6 Å². The third-order valence-corrected chi connectivity index (χ3v) is 6.97. The minimum absolute atomic E-state index is 0.0811. The number of amides is 1. The third-order valence-electron chi connectivity index (χ3n) is 5.16. The molecule has 0 radical (unpaired) electrons. The molecule has 3 aromatic carbocycles. The zero-order valence-corrected chi connectivity index (χ0v) is 16.7. The Hall–Kier alpha value is -3.52. The van der Waals surface area contributed by atoms with Crippen molar-refractivity contribution in [2.45, 2.75) is 11.3 Å². The van der Waals surface area contributed by atoms with E-state index in [0.717, 1.165) is 5.56 Å². The number of ether oxygens (including phenoxy) is 2. The number of hydrogen-bond donors (Lipinski definition) is 1. The van der Waals surface area contributed by atoms with E-state index in [1.807, 2.05) is 18.2 Å². The van der Waals surface area contributed by atoms with E-state index in [9.17, 15) is 13.2 Å². The fourth-order valence-corrected chi connectivity index (χ4v) is 5.21. The lowest BCUT2D eigenvalue weighted by Crippen LogP contribution is -2.29. The zero-order chi connectivity index (χ0) is 20.7. The SMILES string of the molecule is O=C(Nc1ccc2c(c1)OCO2)c1cccc(S(=O)(=O)N2CCc3ccccc32)c1. The minimum Gasteiger partial charge on any atom is -0.454 e. The monoisotopic (exact) mass is 422 g/mol. The average molecular weight is 422 g/mol. The molecule has 0 aliphatic carbocycles. The molecule has 1 N–H and O–H groups in total. The van der Waals surface area contributed by atoms with Crippen LogP contribution < -0.4 is 19.1 Å². The highest BCUT2D eigenvalue weighted by Gasteiger charge is 2.31. The lowest BCUT2D eigenvalue weighted by Gasteiger charge is -2.20. The van der Waals surface area contributed by atoms with Crippen LogP contribution in [0.5, 0.6) is 11.5 Å². The summed E-state index contributed by atoms with van der Waals surface area (Å²) < 4.78 is 38.4. The first-order chi connectivity index (χ1) is 14.5. The van der Waals surface area contributed by atoms with Crippen LogP contribution in [0.1, 0.15) is 15.9 Å². The molecule has 3 aromatic rings. The van der Waals surface area contributed by atoms with Crippen LogP contribution in [-0.2, 0) is 16.4 Å². The topological polar surface area (TPSA) is 84.9 Å². The van der Waals surface area contributed by atoms with Gasteiger partial charge in [0.25, 0.3) is 15.9 Å². The second-order valence-electron chi connectivity index (χ2n) is 7.01. The molecule has 7 nitrogen and oxygen atoms in total. The van der Waals surface area contributed by atoms with Gasteiger partial charge in [-0.2, -0.15) is 0 Å². The molecule has 30 heavy (non-hydrogen) atoms. The zero-order valence-electron chi connectivity index (χ0n) is 15.9. The van der Waals surface area contributed by atoms with Gasteiger partial charge in [0.15, 0.2) is 11.5 Å². The minimum atomic E-state index is -3.77. The number of rotatable bonds is 4. The van der Waals surface area contributed by atoms with Gasteiger partial charge in [-0.3, -0.25) is 9.10 Å². The summed E-state index contributed by atoms with van der Waals surface area (Å²) in [5, 5.41) is 2.77. The molecule has 2 aliphatic rings. The van der Waals surface area contributed by atoms with Gasteiger partial charge in [-0.05, 0) is 48.4 Å². The Kier molecular flexibility index (Phi) is 4.36. The van der Waals surface area contributed by atoms with E-state index < -0.39 is 15.9 Å². The number of sulfonamides is 1. The van der Waals surface area contributed by atoms with E-state index in [-0.39, 0.29) is 17.3 Å². The third kappa shape index (κ3) is 3.15. The number of nitrogens with one attached hydrogen (secondary N) is 1. The largest absolute Gasteiger partial charge is 0.454 e. The van der Waals surface area contributed by atoms with Crippen LogP contribution in [-0.4, -0.2) is 27.7 Å². The fourth-order valence-electron chi connectivity index (χ4n) is 3.66. The van der Waals surface area contributed by atoms with Crippen molar-refractivity contribution in [1.82, 2.24) is 0 Å². The molecular formula is C22H18N2O5S. The summed E-state index contributed by atoms with van der Waals surface area (Å²) in [4.78, 5) is 12.8. The molecule has 2 aliphatic heterocycles. The second kappa shape index (κ2) is 7.07. The van der Waals surface area contributed by atoms with Crippen LogP contribution in [0.3, 0.4) is 0 Å². The van der Waals surface area contributed by atoms with Crippen LogP contribution in [0.4, 0.5) is 11.4 Å². The standard InChI is InChI=1S/C22H18N2O5S/c25-22(23-17-8-9-20-21(13-17)29-14-28-20)16-5-3-6-18(12-16)30(26,27)24-11-10-15-4-1-2-7-19(15)24/h1-9,12-13H,10-11,14H2,(H,23,25). The number of anilines is 2. The van der Waals surface area contributed by atoms with Crippen molar-refractivity contribution in [3.8, 4) is 11.5 Å². The highest BCUT2D eigenvalue weighted by Crippen LogP contribution is 2.35. The molecule has 0 fully saturated rings. The number of hydrogen-bond acceptors (Lipinski definition) is 5. The summed E-state index contributed by atoms with van der Waals surface area (Å²) in [6.45, 7) is 0.529. The van der Waals surface area contributed by atoms with Crippen molar-refractivity contribution >= 4 is 27.3 Å². The Bertz CT molecular complexity index is 1260. The maximum absolute atomic E-state index is 13.2. The maximum atomic E-state index is 13.2. The van der Waals surface area contributed by atoms with Crippen LogP contribution >= 0.6 is 0 Å². The van der Waals surface area contributed by atoms with E-state index in [4.69, 9.17) is 9.47 Å². The normalized spacial score (nSPS) is 14.5. The molecule has 0 saturated heterocycles. The molecule has 8 heteroatoms. The first-order valence-electron chi connectivity index (χ1n) is 9.44. The van der Waals surface area contributed by atoms with Crippen molar-refractivity contribution in [1.29, 1.82) is 0 Å². The lowest BCUT2D eigenvalue weighted by atomic mass is 10.2. The highest BCUT2D eigenvalue weighted by atomic mass is 32.2. The van der Waals surface area contributed by atoms with Crippen molar-refractivity contribution in [3.63, 3.8) is 0 Å². The molecule has 0 saturated carbocycles. The Morgan fingerprint density at radius 3 is 2.67 bits per heavy atom. The predicted molar refractivity (Wildman–Crippen MR) is 112 cm³/mol. The Morgan fingerprint density at radius 2 is 1.77 bits per heavy atom. The van der Waals surface area contributed by atoms with Crippen molar-refractivity contribution < 1.29 is 22.7 Å². The molecule has 0 spiro atoms. The van der Waals surface area contributed by atoms with Gasteiger partial charge in [0, 0.05) is 23.9 Å². The first-order valence-corrected chi connectivity index (χ1v) is 10.9. The number of para-hydroxylation sites is 1. The van der Waals surface area contributed by atoms with Gasteiger partial charge in [0.2, 0.25) is 6.79 Å². The quantitative estimate of drug-likeness (QED) is 0.696. The summed E-state index contributed by atoms with van der Waals surface area (Å²) >= 11 is 0. The van der Waals surface area contributed by atoms with E-state index in [1.54, 1.807) is 36.4 Å². The summed E-state index contributed by atoms with van der Waals surface area (Å²) in [5.41, 5.74) is 2.47. The van der Waals surface area contributed by atoms with Gasteiger partial charge in [-0.15, -0.1) is 0 Å². The number of carbonyl (C=O) groups excluding carboxylic acids is 1. The molecule has 0 unspecified atom stereocenters. The molecular weight excluding hydrogens is 404 g/mol. The van der Waals surface area contributed by atoms with E-state index in [2.05, 4.69) is 5.32 Å². The molecule has 2 heterocycles.